The highest BCUT2D eigenvalue weighted by atomic mass is 19.1. The van der Waals surface area contributed by atoms with Gasteiger partial charge in [-0.1, -0.05) is 0 Å². The van der Waals surface area contributed by atoms with Gasteiger partial charge in [-0.15, -0.1) is 0 Å². The number of Topliss-reactive ketones (excluding diaryl/α,β-unsaturated/α-hetero) is 1. The molecule has 7 heteroatoms. The quantitative estimate of drug-likeness (QED) is 0.881. The Hall–Kier alpha value is -3.14. The lowest BCUT2D eigenvalue weighted by molar-refractivity contribution is 0.101. The molecule has 0 heterocycles. The van der Waals surface area contributed by atoms with Gasteiger partial charge in [0.15, 0.2) is 5.78 Å². The minimum Gasteiger partial charge on any atom is -0.321 e. The molecule has 0 saturated heterocycles. The molecular weight excluding hydrogens is 309 g/mol. The van der Waals surface area contributed by atoms with E-state index in [1.54, 1.807) is 6.07 Å². The van der Waals surface area contributed by atoms with E-state index in [2.05, 4.69) is 5.32 Å². The number of hydrogen-bond donors (Lipinski definition) is 1. The summed E-state index contributed by atoms with van der Waals surface area (Å²) in [6.07, 6.45) is 0. The monoisotopic (exact) mass is 318 g/mol. The van der Waals surface area contributed by atoms with Gasteiger partial charge >= 0.3 is 0 Å². The molecule has 0 atom stereocenters. The van der Waals surface area contributed by atoms with E-state index in [4.69, 9.17) is 5.26 Å². The molecule has 0 unspecified atom stereocenters. The Morgan fingerprint density at radius 2 is 1.78 bits per heavy atom. The Labute approximate surface area is 129 Å². The zero-order valence-corrected chi connectivity index (χ0v) is 11.8. The van der Waals surface area contributed by atoms with Crippen LogP contribution in [0, 0.1) is 28.8 Å². The highest BCUT2D eigenvalue weighted by Crippen LogP contribution is 2.23. The number of nitriles is 1. The number of nitrogens with one attached hydrogen (secondary N) is 1. The second-order valence-corrected chi connectivity index (χ2v) is 4.63. The molecule has 0 bridgehead atoms. The average Bonchev–Trinajstić information content (AvgIpc) is 2.46. The Bertz CT molecular complexity index is 857. The fourth-order valence-electron chi connectivity index (χ4n) is 1.99. The van der Waals surface area contributed by atoms with Crippen LogP contribution in [0.4, 0.5) is 18.9 Å². The highest BCUT2D eigenvalue weighted by molar-refractivity contribution is 6.09. The van der Waals surface area contributed by atoms with Crippen molar-refractivity contribution in [2.75, 3.05) is 5.32 Å². The number of hydrogen-bond acceptors (Lipinski definition) is 3. The molecule has 2 aromatic carbocycles. The number of amides is 1. The summed E-state index contributed by atoms with van der Waals surface area (Å²) in [7, 11) is 0. The molecule has 1 amide bonds. The maximum atomic E-state index is 13.7. The molecule has 0 aliphatic heterocycles. The number of carbonyl (C=O) groups excluding carboxylic acids is 2. The molecule has 0 fully saturated rings. The number of rotatable bonds is 3. The largest absolute Gasteiger partial charge is 0.321 e. The van der Waals surface area contributed by atoms with Crippen molar-refractivity contribution in [2.24, 2.45) is 0 Å². The summed E-state index contributed by atoms with van der Waals surface area (Å²) >= 11 is 0. The molecular formula is C16H9F3N2O2. The van der Waals surface area contributed by atoms with Crippen molar-refractivity contribution < 1.29 is 22.8 Å². The van der Waals surface area contributed by atoms with Crippen molar-refractivity contribution in [1.82, 2.24) is 0 Å². The number of halogens is 3. The summed E-state index contributed by atoms with van der Waals surface area (Å²) in [6, 6.07) is 6.09. The molecule has 0 radical (unpaired) electrons. The van der Waals surface area contributed by atoms with E-state index in [9.17, 15) is 22.8 Å². The minimum absolute atomic E-state index is 0.0359. The first kappa shape index (κ1) is 16.2. The van der Waals surface area contributed by atoms with Crippen LogP contribution in [0.3, 0.4) is 0 Å². The van der Waals surface area contributed by atoms with Crippen molar-refractivity contribution in [1.29, 1.82) is 5.26 Å². The minimum atomic E-state index is -1.14. The van der Waals surface area contributed by atoms with Gasteiger partial charge in [-0.3, -0.25) is 9.59 Å². The fourth-order valence-corrected chi connectivity index (χ4v) is 1.99. The Kier molecular flexibility index (Phi) is 4.46. The summed E-state index contributed by atoms with van der Waals surface area (Å²) in [4.78, 5) is 23.5. The van der Waals surface area contributed by atoms with Crippen LogP contribution in [0.2, 0.25) is 0 Å². The summed E-state index contributed by atoms with van der Waals surface area (Å²) in [5, 5.41) is 10.9. The van der Waals surface area contributed by atoms with Crippen LogP contribution in [0.5, 0.6) is 0 Å². The average molecular weight is 318 g/mol. The molecule has 116 valence electrons. The first-order chi connectivity index (χ1) is 10.8. The summed E-state index contributed by atoms with van der Waals surface area (Å²) in [5.74, 6) is -4.83. The van der Waals surface area contributed by atoms with E-state index >= 15 is 0 Å². The second-order valence-electron chi connectivity index (χ2n) is 4.63. The number of nitrogens with zero attached hydrogens (tertiary/aromatic N) is 1. The second kappa shape index (κ2) is 6.32. The Morgan fingerprint density at radius 1 is 1.09 bits per heavy atom. The predicted octanol–water partition coefficient (Wildman–Crippen LogP) is 3.43. The molecule has 0 spiro atoms. The normalized spacial score (nSPS) is 10.0. The maximum Gasteiger partial charge on any atom is 0.258 e. The zero-order chi connectivity index (χ0) is 17.1. The van der Waals surface area contributed by atoms with E-state index in [-0.39, 0.29) is 5.56 Å². The Morgan fingerprint density at radius 3 is 2.39 bits per heavy atom. The predicted molar refractivity (Wildman–Crippen MR) is 75.4 cm³/mol. The SMILES string of the molecule is CC(=O)c1c(F)cc(F)cc1NC(=O)c1cc(C#N)ccc1F. The van der Waals surface area contributed by atoms with Crippen molar-refractivity contribution in [2.45, 2.75) is 6.92 Å². The van der Waals surface area contributed by atoms with Gasteiger partial charge < -0.3 is 5.32 Å². The standard InChI is InChI=1S/C16H9F3N2O2/c1-8(22)15-13(19)5-10(17)6-14(15)21-16(23)11-4-9(7-20)2-3-12(11)18/h2-6H,1H3,(H,21,23). The maximum absolute atomic E-state index is 13.7. The van der Waals surface area contributed by atoms with Crippen molar-refractivity contribution >= 4 is 17.4 Å². The van der Waals surface area contributed by atoms with Crippen LogP contribution in [0.15, 0.2) is 30.3 Å². The lowest BCUT2D eigenvalue weighted by Crippen LogP contribution is -2.17. The first-order valence-electron chi connectivity index (χ1n) is 6.34. The van der Waals surface area contributed by atoms with Gasteiger partial charge in [-0.2, -0.15) is 5.26 Å². The number of anilines is 1. The van der Waals surface area contributed by atoms with Gasteiger partial charge in [0, 0.05) is 6.07 Å². The molecule has 0 aliphatic carbocycles. The van der Waals surface area contributed by atoms with Crippen LogP contribution < -0.4 is 5.32 Å². The van der Waals surface area contributed by atoms with E-state index in [0.717, 1.165) is 25.1 Å². The molecule has 0 aliphatic rings. The van der Waals surface area contributed by atoms with Crippen LogP contribution in [0.25, 0.3) is 0 Å². The van der Waals surface area contributed by atoms with Crippen LogP contribution in [-0.4, -0.2) is 11.7 Å². The van der Waals surface area contributed by atoms with Gasteiger partial charge in [-0.05, 0) is 31.2 Å². The van der Waals surface area contributed by atoms with Crippen molar-refractivity contribution in [3.05, 3.63) is 64.5 Å². The molecule has 0 saturated carbocycles. The lowest BCUT2D eigenvalue weighted by Gasteiger charge is -2.11. The number of ketones is 1. The third-order valence-electron chi connectivity index (χ3n) is 3.00. The van der Waals surface area contributed by atoms with Crippen LogP contribution in [-0.2, 0) is 0 Å². The van der Waals surface area contributed by atoms with Gasteiger partial charge in [0.05, 0.1) is 28.4 Å². The lowest BCUT2D eigenvalue weighted by atomic mass is 10.1. The zero-order valence-electron chi connectivity index (χ0n) is 11.8. The number of carbonyl (C=O) groups is 2. The molecule has 4 nitrogen and oxygen atoms in total. The van der Waals surface area contributed by atoms with E-state index < -0.39 is 46.0 Å². The third-order valence-corrected chi connectivity index (χ3v) is 3.00. The van der Waals surface area contributed by atoms with Crippen LogP contribution >= 0.6 is 0 Å². The molecule has 0 aromatic heterocycles. The van der Waals surface area contributed by atoms with E-state index in [1.807, 2.05) is 0 Å². The van der Waals surface area contributed by atoms with Crippen LogP contribution in [0.1, 0.15) is 33.2 Å². The molecule has 23 heavy (non-hydrogen) atoms. The van der Waals surface area contributed by atoms with Gasteiger partial charge in [0.25, 0.3) is 5.91 Å². The highest BCUT2D eigenvalue weighted by Gasteiger charge is 2.19. The molecule has 2 rings (SSSR count). The summed E-state index contributed by atoms with van der Waals surface area (Å²) in [5.41, 5.74) is -1.38. The van der Waals surface area contributed by atoms with Crippen molar-refractivity contribution in [3.8, 4) is 6.07 Å². The topological polar surface area (TPSA) is 70.0 Å². The first-order valence-corrected chi connectivity index (χ1v) is 6.34. The van der Waals surface area contributed by atoms with E-state index in [1.165, 1.54) is 6.07 Å². The molecule has 2 aromatic rings. The fraction of sp³-hybridized carbons (Fsp3) is 0.0625. The molecule has 1 N–H and O–H groups in total. The summed E-state index contributed by atoms with van der Waals surface area (Å²) in [6.45, 7) is 1.04. The third kappa shape index (κ3) is 3.37. The smallest absolute Gasteiger partial charge is 0.258 e. The van der Waals surface area contributed by atoms with E-state index in [0.29, 0.717) is 6.07 Å². The van der Waals surface area contributed by atoms with Gasteiger partial charge in [0.1, 0.15) is 17.5 Å². The number of benzene rings is 2. The van der Waals surface area contributed by atoms with Gasteiger partial charge in [0.2, 0.25) is 0 Å². The van der Waals surface area contributed by atoms with Crippen molar-refractivity contribution in [3.63, 3.8) is 0 Å². The summed E-state index contributed by atoms with van der Waals surface area (Å²) < 4.78 is 40.7. The van der Waals surface area contributed by atoms with Gasteiger partial charge in [-0.25, -0.2) is 13.2 Å². The Balaban J connectivity index is 2.46.